The number of carbonyl (C=O) groups is 4. The van der Waals surface area contributed by atoms with Crippen LogP contribution in [0.4, 0.5) is 0 Å². The van der Waals surface area contributed by atoms with E-state index in [4.69, 9.17) is 27.9 Å². The lowest BCUT2D eigenvalue weighted by molar-refractivity contribution is -0.237. The standard InChI is InChI=1S/C27H38O12S2/c1-17-10-12-22(13-11-17)41(32,33)35-14-8-6-7-9-15-40-27-26(38-21(5)31)25(37-20(4)30)24(36-19(3)29)23(39-27)16-34-18(2)28/h10-13,23-27H,6-9,14-16H2,1-5H3/t23-,24-,25+,26+,27-/m1/s1. The largest absolute Gasteiger partial charge is 0.463 e. The van der Waals surface area contributed by atoms with Crippen LogP contribution >= 0.6 is 11.8 Å². The maximum absolute atomic E-state index is 12.3. The summed E-state index contributed by atoms with van der Waals surface area (Å²) < 4.78 is 57.1. The molecule has 1 aromatic carbocycles. The van der Waals surface area contributed by atoms with Crippen LogP contribution in [-0.2, 0) is 57.2 Å². The van der Waals surface area contributed by atoms with Crippen LogP contribution in [0, 0.1) is 6.92 Å². The minimum absolute atomic E-state index is 0.0586. The summed E-state index contributed by atoms with van der Waals surface area (Å²) in [6, 6.07) is 6.43. The number of rotatable bonds is 15. The Morgan fingerprint density at radius 3 is 1.93 bits per heavy atom. The summed E-state index contributed by atoms with van der Waals surface area (Å²) in [5.41, 5.74) is 0.129. The zero-order valence-electron chi connectivity index (χ0n) is 23.9. The highest BCUT2D eigenvalue weighted by atomic mass is 32.2. The molecule has 1 aliphatic heterocycles. The predicted molar refractivity (Wildman–Crippen MR) is 147 cm³/mol. The highest BCUT2D eigenvalue weighted by Gasteiger charge is 2.52. The van der Waals surface area contributed by atoms with Gasteiger partial charge in [-0.05, 0) is 37.7 Å². The van der Waals surface area contributed by atoms with Crippen molar-refractivity contribution in [1.29, 1.82) is 0 Å². The second kappa shape index (κ2) is 16.7. The lowest BCUT2D eigenvalue weighted by Gasteiger charge is -2.44. The molecule has 1 heterocycles. The number of aryl methyl sites for hydroxylation is 1. The number of unbranched alkanes of at least 4 members (excludes halogenated alkanes) is 3. The summed E-state index contributed by atoms with van der Waals surface area (Å²) >= 11 is 1.30. The van der Waals surface area contributed by atoms with Crippen LogP contribution in [0.25, 0.3) is 0 Å². The van der Waals surface area contributed by atoms with Gasteiger partial charge in [0.1, 0.15) is 18.1 Å². The van der Waals surface area contributed by atoms with Crippen molar-refractivity contribution in [3.63, 3.8) is 0 Å². The first-order chi connectivity index (χ1) is 19.3. The first-order valence-electron chi connectivity index (χ1n) is 13.2. The van der Waals surface area contributed by atoms with Crippen LogP contribution in [0.1, 0.15) is 58.9 Å². The molecule has 1 aromatic rings. The maximum atomic E-state index is 12.3. The Hall–Kier alpha value is -2.68. The minimum atomic E-state index is -3.81. The van der Waals surface area contributed by atoms with Crippen molar-refractivity contribution < 1.29 is 55.5 Å². The molecule has 1 aliphatic rings. The van der Waals surface area contributed by atoms with E-state index in [1.165, 1.54) is 51.6 Å². The van der Waals surface area contributed by atoms with Crippen LogP contribution in [0.15, 0.2) is 29.2 Å². The van der Waals surface area contributed by atoms with Gasteiger partial charge in [0.2, 0.25) is 0 Å². The number of thioether (sulfide) groups is 1. The van der Waals surface area contributed by atoms with E-state index in [1.54, 1.807) is 12.1 Å². The van der Waals surface area contributed by atoms with Crippen LogP contribution in [0.3, 0.4) is 0 Å². The lowest BCUT2D eigenvalue weighted by atomic mass is 9.99. The summed E-state index contributed by atoms with van der Waals surface area (Å²) in [4.78, 5) is 47.2. The summed E-state index contributed by atoms with van der Waals surface area (Å²) in [7, 11) is -3.81. The van der Waals surface area contributed by atoms with E-state index in [0.717, 1.165) is 12.0 Å². The van der Waals surface area contributed by atoms with Crippen molar-refractivity contribution >= 4 is 45.8 Å². The van der Waals surface area contributed by atoms with E-state index in [2.05, 4.69) is 0 Å². The third kappa shape index (κ3) is 12.0. The molecule has 0 spiro atoms. The van der Waals surface area contributed by atoms with Gasteiger partial charge >= 0.3 is 23.9 Å². The molecule has 0 aromatic heterocycles. The molecule has 230 valence electrons. The molecule has 0 unspecified atom stereocenters. The molecule has 5 atom stereocenters. The fraction of sp³-hybridized carbons (Fsp3) is 0.630. The van der Waals surface area contributed by atoms with Crippen molar-refractivity contribution in [3.8, 4) is 0 Å². The molecular weight excluding hydrogens is 580 g/mol. The average Bonchev–Trinajstić information content (AvgIpc) is 2.87. The number of benzene rings is 1. The molecule has 1 fully saturated rings. The topological polar surface area (TPSA) is 158 Å². The van der Waals surface area contributed by atoms with Crippen molar-refractivity contribution in [2.45, 2.75) is 95.0 Å². The van der Waals surface area contributed by atoms with Gasteiger partial charge < -0.3 is 23.7 Å². The van der Waals surface area contributed by atoms with E-state index in [-0.39, 0.29) is 18.1 Å². The molecule has 0 bridgehead atoms. The normalized spacial score (nSPS) is 22.4. The summed E-state index contributed by atoms with van der Waals surface area (Å²) in [5, 5.41) is 0. The van der Waals surface area contributed by atoms with E-state index >= 15 is 0 Å². The number of hydrogen-bond donors (Lipinski definition) is 0. The summed E-state index contributed by atoms with van der Waals surface area (Å²) in [6.07, 6.45) is -1.75. The Bertz CT molecular complexity index is 1140. The fourth-order valence-electron chi connectivity index (χ4n) is 4.02. The van der Waals surface area contributed by atoms with Crippen LogP contribution in [0.5, 0.6) is 0 Å². The molecule has 14 heteroatoms. The second-order valence-corrected chi connectivity index (χ2v) is 12.3. The van der Waals surface area contributed by atoms with Gasteiger partial charge in [0.05, 0.1) is 11.5 Å². The minimum Gasteiger partial charge on any atom is -0.463 e. The van der Waals surface area contributed by atoms with E-state index < -0.39 is 63.8 Å². The number of carbonyl (C=O) groups excluding carboxylic acids is 4. The molecule has 0 aliphatic carbocycles. The zero-order chi connectivity index (χ0) is 30.6. The number of ether oxygens (including phenoxy) is 5. The quantitative estimate of drug-likeness (QED) is 0.122. The average molecular weight is 619 g/mol. The van der Waals surface area contributed by atoms with Gasteiger partial charge in [0.15, 0.2) is 18.3 Å². The molecule has 1 saturated heterocycles. The van der Waals surface area contributed by atoms with Crippen LogP contribution in [-0.4, -0.2) is 81.1 Å². The molecular formula is C27H38O12S2. The summed E-state index contributed by atoms with van der Waals surface area (Å²) in [6.45, 7) is 6.39. The Labute approximate surface area is 244 Å². The highest BCUT2D eigenvalue weighted by molar-refractivity contribution is 7.99. The fourth-order valence-corrected chi connectivity index (χ4v) is 6.19. The first-order valence-corrected chi connectivity index (χ1v) is 15.6. The van der Waals surface area contributed by atoms with Gasteiger partial charge in [-0.25, -0.2) is 0 Å². The van der Waals surface area contributed by atoms with Gasteiger partial charge in [-0.15, -0.1) is 11.8 Å². The predicted octanol–water partition coefficient (Wildman–Crippen LogP) is 3.08. The van der Waals surface area contributed by atoms with Gasteiger partial charge in [-0.3, -0.25) is 23.4 Å². The SMILES string of the molecule is CC(=O)OC[C@H]1O[C@H](SCCCCCCOS(=O)(=O)c2ccc(C)cc2)[C@@H](OC(C)=O)[C@@H](OC(C)=O)[C@@H]1OC(C)=O. The molecule has 12 nitrogen and oxygen atoms in total. The molecule has 0 amide bonds. The highest BCUT2D eigenvalue weighted by Crippen LogP contribution is 2.35. The van der Waals surface area contributed by atoms with Gasteiger partial charge in [-0.1, -0.05) is 30.5 Å². The van der Waals surface area contributed by atoms with Crippen molar-refractivity contribution in [2.24, 2.45) is 0 Å². The van der Waals surface area contributed by atoms with E-state index in [0.29, 0.717) is 25.0 Å². The maximum Gasteiger partial charge on any atom is 0.303 e. The lowest BCUT2D eigenvalue weighted by Crippen LogP contribution is -2.61. The van der Waals surface area contributed by atoms with Crippen LogP contribution < -0.4 is 0 Å². The van der Waals surface area contributed by atoms with Gasteiger partial charge in [-0.2, -0.15) is 8.42 Å². The molecule has 2 rings (SSSR count). The number of hydrogen-bond acceptors (Lipinski definition) is 13. The Kier molecular flexibility index (Phi) is 14.0. The van der Waals surface area contributed by atoms with E-state index in [1.807, 2.05) is 6.92 Å². The van der Waals surface area contributed by atoms with Crippen molar-refractivity contribution in [3.05, 3.63) is 29.8 Å². The van der Waals surface area contributed by atoms with Crippen molar-refractivity contribution in [1.82, 2.24) is 0 Å². The van der Waals surface area contributed by atoms with Gasteiger partial charge in [0, 0.05) is 27.7 Å². The Balaban J connectivity index is 1.95. The second-order valence-electron chi connectivity index (χ2n) is 9.44. The van der Waals surface area contributed by atoms with Crippen molar-refractivity contribution in [2.75, 3.05) is 19.0 Å². The van der Waals surface area contributed by atoms with Gasteiger partial charge in [0.25, 0.3) is 10.1 Å². The first kappa shape index (κ1) is 34.5. The third-order valence-electron chi connectivity index (χ3n) is 5.82. The Morgan fingerprint density at radius 1 is 0.780 bits per heavy atom. The third-order valence-corrected chi connectivity index (χ3v) is 8.38. The monoisotopic (exact) mass is 618 g/mol. The zero-order valence-corrected chi connectivity index (χ0v) is 25.5. The smallest absolute Gasteiger partial charge is 0.303 e. The van der Waals surface area contributed by atoms with E-state index in [9.17, 15) is 27.6 Å². The molecule has 0 saturated carbocycles. The molecule has 0 radical (unpaired) electrons. The summed E-state index contributed by atoms with van der Waals surface area (Å²) in [5.74, 6) is -2.06. The number of esters is 4. The molecule has 41 heavy (non-hydrogen) atoms. The molecule has 0 N–H and O–H groups in total. The van der Waals surface area contributed by atoms with Crippen LogP contribution in [0.2, 0.25) is 0 Å². The Morgan fingerprint density at radius 2 is 1.34 bits per heavy atom.